The number of sulfone groups is 1. The zero-order chi connectivity index (χ0) is 18.7. The third-order valence-electron chi connectivity index (χ3n) is 4.70. The van der Waals surface area contributed by atoms with Crippen molar-refractivity contribution in [1.82, 2.24) is 4.90 Å². The van der Waals surface area contributed by atoms with Gasteiger partial charge in [0.15, 0.2) is 0 Å². The molecule has 0 fully saturated rings. The van der Waals surface area contributed by atoms with Gasteiger partial charge in [0.05, 0.1) is 18.9 Å². The van der Waals surface area contributed by atoms with Crippen molar-refractivity contribution in [3.8, 4) is 5.75 Å². The first-order chi connectivity index (χ1) is 12.4. The van der Waals surface area contributed by atoms with Crippen LogP contribution in [0.5, 0.6) is 5.75 Å². The highest BCUT2D eigenvalue weighted by Crippen LogP contribution is 2.37. The Labute approximate surface area is 154 Å². The Balaban J connectivity index is 2.00. The quantitative estimate of drug-likeness (QED) is 0.808. The van der Waals surface area contributed by atoms with Crippen molar-refractivity contribution >= 4 is 15.7 Å². The van der Waals surface area contributed by atoms with Gasteiger partial charge in [0.25, 0.3) is 0 Å². The molecule has 0 aliphatic carbocycles. The summed E-state index contributed by atoms with van der Waals surface area (Å²) in [5.41, 5.74) is 3.23. The second-order valence-corrected chi connectivity index (χ2v) is 8.85. The lowest BCUT2D eigenvalue weighted by Crippen LogP contribution is -2.41. The Morgan fingerprint density at radius 2 is 1.92 bits per heavy atom. The van der Waals surface area contributed by atoms with Crippen LogP contribution in [0.2, 0.25) is 0 Å². The molecule has 0 saturated heterocycles. The molecule has 0 saturated carbocycles. The maximum absolute atomic E-state index is 12.8. The fourth-order valence-electron chi connectivity index (χ4n) is 3.40. The number of hydrogen-bond donors (Lipinski definition) is 0. The molecule has 1 unspecified atom stereocenters. The van der Waals surface area contributed by atoms with E-state index in [1.165, 1.54) is 5.56 Å². The topological polar surface area (TPSA) is 63.7 Å². The van der Waals surface area contributed by atoms with E-state index in [1.807, 2.05) is 48.5 Å². The fourth-order valence-corrected chi connectivity index (χ4v) is 3.95. The van der Waals surface area contributed by atoms with E-state index in [-0.39, 0.29) is 24.1 Å². The van der Waals surface area contributed by atoms with Gasteiger partial charge in [-0.3, -0.25) is 4.79 Å². The second kappa shape index (κ2) is 7.50. The molecule has 0 spiro atoms. The van der Waals surface area contributed by atoms with E-state index in [2.05, 4.69) is 0 Å². The summed E-state index contributed by atoms with van der Waals surface area (Å²) in [6.45, 7) is 0.571. The van der Waals surface area contributed by atoms with E-state index in [4.69, 9.17) is 4.74 Å². The zero-order valence-electron chi connectivity index (χ0n) is 15.0. The molecule has 5 nitrogen and oxygen atoms in total. The summed E-state index contributed by atoms with van der Waals surface area (Å²) in [7, 11) is -1.56. The van der Waals surface area contributed by atoms with Crippen LogP contribution in [-0.2, 0) is 21.1 Å². The molecule has 1 amide bonds. The van der Waals surface area contributed by atoms with Crippen LogP contribution in [-0.4, -0.2) is 44.9 Å². The van der Waals surface area contributed by atoms with Crippen molar-refractivity contribution in [2.75, 3.05) is 25.7 Å². The smallest absolute Gasteiger partial charge is 0.224 e. The van der Waals surface area contributed by atoms with Gasteiger partial charge < -0.3 is 9.64 Å². The maximum atomic E-state index is 12.8. The molecular formula is C20H23NO4S. The van der Waals surface area contributed by atoms with Gasteiger partial charge in [0, 0.05) is 19.2 Å². The Bertz CT molecular complexity index is 893. The maximum Gasteiger partial charge on any atom is 0.224 e. The van der Waals surface area contributed by atoms with E-state index < -0.39 is 9.84 Å². The first-order valence-electron chi connectivity index (χ1n) is 8.58. The molecule has 2 aromatic rings. The van der Waals surface area contributed by atoms with Crippen molar-refractivity contribution < 1.29 is 17.9 Å². The molecule has 1 aliphatic heterocycles. The Morgan fingerprint density at radius 1 is 1.19 bits per heavy atom. The number of rotatable bonds is 5. The van der Waals surface area contributed by atoms with E-state index in [0.29, 0.717) is 6.54 Å². The molecular weight excluding hydrogens is 350 g/mol. The number of carbonyl (C=O) groups is 1. The Kier molecular flexibility index (Phi) is 5.32. The standard InChI is InChI=1S/C20H23NO4S/c1-25-17-9-8-15-10-12-21(19(22)11-13-26(2,23)24)20(18(15)14-17)16-6-4-3-5-7-16/h3-9,14,20H,10-13H2,1-2H3. The van der Waals surface area contributed by atoms with Crippen LogP contribution in [0.4, 0.5) is 0 Å². The number of methoxy groups -OCH3 is 1. The highest BCUT2D eigenvalue weighted by Gasteiger charge is 2.32. The summed E-state index contributed by atoms with van der Waals surface area (Å²) in [6, 6.07) is 15.5. The van der Waals surface area contributed by atoms with E-state index in [1.54, 1.807) is 12.0 Å². The molecule has 1 aliphatic rings. The zero-order valence-corrected chi connectivity index (χ0v) is 15.8. The third-order valence-corrected chi connectivity index (χ3v) is 5.65. The SMILES string of the molecule is COc1ccc2c(c1)C(c1ccccc1)N(C(=O)CCS(C)(=O)=O)CC2. The molecule has 0 bridgehead atoms. The Hall–Kier alpha value is -2.34. The van der Waals surface area contributed by atoms with Gasteiger partial charge in [-0.25, -0.2) is 8.42 Å². The van der Waals surface area contributed by atoms with E-state index in [9.17, 15) is 13.2 Å². The normalized spacial score (nSPS) is 16.8. The number of benzene rings is 2. The van der Waals surface area contributed by atoms with Gasteiger partial charge in [-0.15, -0.1) is 0 Å². The summed E-state index contributed by atoms with van der Waals surface area (Å²) in [6.07, 6.45) is 1.90. The average Bonchev–Trinajstić information content (AvgIpc) is 2.64. The number of ether oxygens (including phenoxy) is 1. The molecule has 0 aromatic heterocycles. The number of nitrogens with zero attached hydrogens (tertiary/aromatic N) is 1. The van der Waals surface area contributed by atoms with Crippen molar-refractivity contribution in [1.29, 1.82) is 0 Å². The highest BCUT2D eigenvalue weighted by atomic mass is 32.2. The molecule has 1 atom stereocenters. The van der Waals surface area contributed by atoms with Gasteiger partial charge >= 0.3 is 0 Å². The first-order valence-corrected chi connectivity index (χ1v) is 10.6. The summed E-state index contributed by atoms with van der Waals surface area (Å²) in [5, 5.41) is 0. The van der Waals surface area contributed by atoms with Crippen molar-refractivity contribution in [3.05, 3.63) is 65.2 Å². The van der Waals surface area contributed by atoms with Crippen LogP contribution >= 0.6 is 0 Å². The number of amides is 1. The van der Waals surface area contributed by atoms with Crippen LogP contribution < -0.4 is 4.74 Å². The van der Waals surface area contributed by atoms with Crippen molar-refractivity contribution in [3.63, 3.8) is 0 Å². The summed E-state index contributed by atoms with van der Waals surface area (Å²) in [5.74, 6) is 0.474. The third kappa shape index (κ3) is 4.07. The minimum Gasteiger partial charge on any atom is -0.497 e. The van der Waals surface area contributed by atoms with Gasteiger partial charge in [-0.1, -0.05) is 36.4 Å². The van der Waals surface area contributed by atoms with E-state index in [0.717, 1.165) is 29.6 Å². The molecule has 1 heterocycles. The minimum atomic E-state index is -3.18. The second-order valence-electron chi connectivity index (χ2n) is 6.59. The van der Waals surface area contributed by atoms with Crippen LogP contribution in [0.1, 0.15) is 29.2 Å². The lowest BCUT2D eigenvalue weighted by molar-refractivity contribution is -0.132. The number of fused-ring (bicyclic) bond motifs is 1. The molecule has 2 aromatic carbocycles. The van der Waals surface area contributed by atoms with Crippen LogP contribution in [0, 0.1) is 0 Å². The van der Waals surface area contributed by atoms with Crippen LogP contribution in [0.3, 0.4) is 0 Å². The highest BCUT2D eigenvalue weighted by molar-refractivity contribution is 7.90. The lowest BCUT2D eigenvalue weighted by Gasteiger charge is -2.38. The lowest BCUT2D eigenvalue weighted by atomic mass is 9.87. The van der Waals surface area contributed by atoms with Gasteiger partial charge in [-0.2, -0.15) is 0 Å². The fraction of sp³-hybridized carbons (Fsp3) is 0.350. The molecule has 0 N–H and O–H groups in total. The summed E-state index contributed by atoms with van der Waals surface area (Å²) in [4.78, 5) is 14.6. The van der Waals surface area contributed by atoms with Gasteiger partial charge in [0.1, 0.15) is 15.6 Å². The summed E-state index contributed by atoms with van der Waals surface area (Å²) >= 11 is 0. The first kappa shape index (κ1) is 18.5. The largest absolute Gasteiger partial charge is 0.497 e. The van der Waals surface area contributed by atoms with Crippen molar-refractivity contribution in [2.24, 2.45) is 0 Å². The monoisotopic (exact) mass is 373 g/mol. The molecule has 138 valence electrons. The van der Waals surface area contributed by atoms with Gasteiger partial charge in [0.2, 0.25) is 5.91 Å². The summed E-state index contributed by atoms with van der Waals surface area (Å²) < 4.78 is 28.3. The molecule has 0 radical (unpaired) electrons. The Morgan fingerprint density at radius 3 is 2.58 bits per heavy atom. The number of carbonyl (C=O) groups excluding carboxylic acids is 1. The van der Waals surface area contributed by atoms with Crippen LogP contribution in [0.25, 0.3) is 0 Å². The van der Waals surface area contributed by atoms with Crippen LogP contribution in [0.15, 0.2) is 48.5 Å². The predicted octanol–water partition coefficient (Wildman–Crippen LogP) is 2.60. The minimum absolute atomic E-state index is 0.00146. The predicted molar refractivity (Wildman–Crippen MR) is 101 cm³/mol. The molecule has 26 heavy (non-hydrogen) atoms. The number of hydrogen-bond acceptors (Lipinski definition) is 4. The average molecular weight is 373 g/mol. The van der Waals surface area contributed by atoms with Gasteiger partial charge in [-0.05, 0) is 35.2 Å². The van der Waals surface area contributed by atoms with E-state index >= 15 is 0 Å². The molecule has 3 rings (SSSR count). The molecule has 6 heteroatoms. The van der Waals surface area contributed by atoms with Crippen molar-refractivity contribution in [2.45, 2.75) is 18.9 Å².